The topological polar surface area (TPSA) is 104 Å². The van der Waals surface area contributed by atoms with Gasteiger partial charge in [0.2, 0.25) is 10.4 Å². The molecule has 1 N–H and O–H groups in total. The number of rotatable bonds is 2. The van der Waals surface area contributed by atoms with E-state index in [9.17, 15) is 22.9 Å². The molecule has 0 aliphatic heterocycles. The van der Waals surface area contributed by atoms with Crippen LogP contribution in [0.15, 0.2) is 0 Å². The second kappa shape index (κ2) is 7.33. The van der Waals surface area contributed by atoms with Gasteiger partial charge in [0.05, 0.1) is 12.2 Å². The van der Waals surface area contributed by atoms with Crippen LogP contribution in [0.1, 0.15) is 65.2 Å². The molecule has 0 saturated heterocycles. The van der Waals surface area contributed by atoms with E-state index < -0.39 is 22.6 Å². The van der Waals surface area contributed by atoms with E-state index in [1.165, 1.54) is 0 Å². The van der Waals surface area contributed by atoms with E-state index in [-0.39, 0.29) is 52.2 Å². The Bertz CT molecular complexity index is 711. The molecule has 4 aliphatic carbocycles. The van der Waals surface area contributed by atoms with Gasteiger partial charge < -0.3 is 9.66 Å². The Hall–Kier alpha value is 0.500. The van der Waals surface area contributed by atoms with Crippen LogP contribution in [-0.2, 0) is 19.4 Å². The summed E-state index contributed by atoms with van der Waals surface area (Å²) in [6.45, 7) is 4.27. The fourth-order valence-electron chi connectivity index (χ4n) is 7.37. The molecule has 148 valence electrons. The van der Waals surface area contributed by atoms with Crippen molar-refractivity contribution < 1.29 is 56.6 Å². The maximum absolute atomic E-state index is 12.5. The van der Waals surface area contributed by atoms with Gasteiger partial charge in [0.1, 0.15) is 5.78 Å². The average molecular weight is 408 g/mol. The smallest absolute Gasteiger partial charge is 0.726 e. The number of Topliss-reactive ketones (excluding diaryl/α,β-unsaturated/α-hetero) is 1. The number of carbonyl (C=O) groups is 1. The zero-order valence-corrected chi connectivity index (χ0v) is 19.3. The molecule has 8 heteroatoms. The van der Waals surface area contributed by atoms with Gasteiger partial charge in [-0.3, -0.25) is 8.98 Å². The second-order valence-corrected chi connectivity index (χ2v) is 10.6. The summed E-state index contributed by atoms with van der Waals surface area (Å²) in [7, 11) is -4.68. The summed E-state index contributed by atoms with van der Waals surface area (Å²) < 4.78 is 37.6. The fourth-order valence-corrected chi connectivity index (χ4v) is 7.88. The number of ketones is 1. The molecule has 0 spiro atoms. The predicted molar refractivity (Wildman–Crippen MR) is 92.7 cm³/mol. The standard InChI is InChI=1S/C19H30O6S.Na/c1-18-8-7-12(25-26(22,23)24)9-11(18)3-4-13-14-5-6-16(21)19(14,2)10-15(20)17(13)18;/h11-15,17,20H,3-10H2,1-2H3,(H,22,23,24);/q;+1/p-1/t11-,12-,13+,14+,15+,17-,18+,19+;/m1./s1. The van der Waals surface area contributed by atoms with Gasteiger partial charge in [-0.25, -0.2) is 8.42 Å². The summed E-state index contributed by atoms with van der Waals surface area (Å²) in [4.78, 5) is 12.5. The maximum Gasteiger partial charge on any atom is 1.00 e. The van der Waals surface area contributed by atoms with Crippen molar-refractivity contribution in [1.82, 2.24) is 0 Å². The third kappa shape index (κ3) is 3.60. The Kier molecular flexibility index (Phi) is 6.02. The molecule has 4 fully saturated rings. The summed E-state index contributed by atoms with van der Waals surface area (Å²) in [5.74, 6) is 1.43. The predicted octanol–water partition coefficient (Wildman–Crippen LogP) is -0.582. The minimum atomic E-state index is -4.68. The number of aliphatic hydroxyl groups excluding tert-OH is 1. The van der Waals surface area contributed by atoms with Crippen molar-refractivity contribution in [3.63, 3.8) is 0 Å². The molecule has 4 aliphatic rings. The van der Waals surface area contributed by atoms with Crippen LogP contribution in [0.4, 0.5) is 0 Å². The molecule has 0 heterocycles. The number of carbonyl (C=O) groups excluding carboxylic acids is 1. The first-order chi connectivity index (χ1) is 12.0. The van der Waals surface area contributed by atoms with E-state index in [1.807, 2.05) is 6.92 Å². The Balaban J connectivity index is 0.00000210. The van der Waals surface area contributed by atoms with Crippen molar-refractivity contribution in [2.75, 3.05) is 0 Å². The van der Waals surface area contributed by atoms with Crippen LogP contribution >= 0.6 is 0 Å². The summed E-state index contributed by atoms with van der Waals surface area (Å²) >= 11 is 0. The van der Waals surface area contributed by atoms with Crippen molar-refractivity contribution in [1.29, 1.82) is 0 Å². The van der Waals surface area contributed by atoms with E-state index in [0.717, 1.165) is 25.7 Å². The minimum absolute atomic E-state index is 0. The van der Waals surface area contributed by atoms with Crippen molar-refractivity contribution in [2.45, 2.75) is 77.4 Å². The molecular formula is C19H29NaO6S. The SMILES string of the molecule is C[C@]12CC[C@@H](OS(=O)(=O)[O-])C[C@H]1CC[C@@H]1[C@@H]2[C@@H](O)C[C@]2(C)C(=O)CC[C@@H]12.[Na+]. The van der Waals surface area contributed by atoms with Crippen LogP contribution in [0.5, 0.6) is 0 Å². The van der Waals surface area contributed by atoms with Gasteiger partial charge in [-0.15, -0.1) is 0 Å². The largest absolute Gasteiger partial charge is 1.00 e. The molecular weight excluding hydrogens is 379 g/mol. The molecule has 4 rings (SSSR count). The third-order valence-electron chi connectivity index (χ3n) is 8.51. The van der Waals surface area contributed by atoms with Gasteiger partial charge in [-0.2, -0.15) is 0 Å². The first kappa shape index (κ1) is 22.2. The van der Waals surface area contributed by atoms with Gasteiger partial charge in [-0.05, 0) is 74.0 Å². The Morgan fingerprint density at radius 2 is 1.89 bits per heavy atom. The van der Waals surface area contributed by atoms with E-state index in [4.69, 9.17) is 4.18 Å². The monoisotopic (exact) mass is 408 g/mol. The van der Waals surface area contributed by atoms with E-state index in [2.05, 4.69) is 6.92 Å². The molecule has 6 nitrogen and oxygen atoms in total. The zero-order chi connectivity index (χ0) is 18.9. The van der Waals surface area contributed by atoms with E-state index in [0.29, 0.717) is 43.3 Å². The molecule has 0 unspecified atom stereocenters. The van der Waals surface area contributed by atoms with Gasteiger partial charge in [0.15, 0.2) is 0 Å². The van der Waals surface area contributed by atoms with Crippen LogP contribution in [-0.4, -0.2) is 36.1 Å². The third-order valence-corrected chi connectivity index (χ3v) is 9.02. The maximum atomic E-state index is 12.5. The summed E-state index contributed by atoms with van der Waals surface area (Å²) in [5.41, 5.74) is -0.456. The molecule has 0 amide bonds. The van der Waals surface area contributed by atoms with Crippen molar-refractivity contribution in [2.24, 2.45) is 34.5 Å². The van der Waals surface area contributed by atoms with Crippen molar-refractivity contribution in [3.8, 4) is 0 Å². The van der Waals surface area contributed by atoms with Gasteiger partial charge in [-0.1, -0.05) is 13.8 Å². The molecule has 0 aromatic rings. The molecule has 0 bridgehead atoms. The van der Waals surface area contributed by atoms with Crippen LogP contribution in [0.25, 0.3) is 0 Å². The van der Waals surface area contributed by atoms with Gasteiger partial charge >= 0.3 is 29.6 Å². The second-order valence-electron chi connectivity index (χ2n) is 9.63. The first-order valence-electron chi connectivity index (χ1n) is 9.90. The normalized spacial score (nSPS) is 49.6. The number of hydrogen-bond acceptors (Lipinski definition) is 6. The molecule has 0 aromatic carbocycles. The van der Waals surface area contributed by atoms with Crippen LogP contribution < -0.4 is 29.6 Å². The quantitative estimate of drug-likeness (QED) is 0.372. The average Bonchev–Trinajstić information content (AvgIpc) is 2.81. The van der Waals surface area contributed by atoms with E-state index >= 15 is 0 Å². The summed E-state index contributed by atoms with van der Waals surface area (Å²) in [5, 5.41) is 11.1. The Morgan fingerprint density at radius 1 is 1.19 bits per heavy atom. The Labute approximate surface area is 184 Å². The molecule has 4 saturated carbocycles. The van der Waals surface area contributed by atoms with Crippen LogP contribution in [0, 0.1) is 34.5 Å². The molecule has 0 aromatic heterocycles. The Morgan fingerprint density at radius 3 is 2.56 bits per heavy atom. The van der Waals surface area contributed by atoms with Gasteiger partial charge in [0.25, 0.3) is 0 Å². The number of aliphatic hydroxyl groups is 1. The van der Waals surface area contributed by atoms with Crippen LogP contribution in [0.3, 0.4) is 0 Å². The van der Waals surface area contributed by atoms with Gasteiger partial charge in [0, 0.05) is 11.8 Å². The minimum Gasteiger partial charge on any atom is -0.726 e. The zero-order valence-electron chi connectivity index (χ0n) is 16.5. The molecule has 27 heavy (non-hydrogen) atoms. The van der Waals surface area contributed by atoms with E-state index in [1.54, 1.807) is 0 Å². The number of fused-ring (bicyclic) bond motifs is 5. The first-order valence-corrected chi connectivity index (χ1v) is 11.2. The summed E-state index contributed by atoms with van der Waals surface area (Å²) in [6.07, 6.45) is 4.86. The van der Waals surface area contributed by atoms with Crippen LogP contribution in [0.2, 0.25) is 0 Å². The van der Waals surface area contributed by atoms with Crippen molar-refractivity contribution in [3.05, 3.63) is 0 Å². The molecule has 0 radical (unpaired) electrons. The number of hydrogen-bond donors (Lipinski definition) is 1. The fraction of sp³-hybridized carbons (Fsp3) is 0.947. The van der Waals surface area contributed by atoms with Crippen molar-refractivity contribution >= 4 is 16.2 Å². The molecule has 8 atom stereocenters. The summed E-state index contributed by atoms with van der Waals surface area (Å²) in [6, 6.07) is 0.